The molecule has 1 aromatic heterocycles. The van der Waals surface area contributed by atoms with Crippen LogP contribution in [0.5, 0.6) is 5.75 Å². The summed E-state index contributed by atoms with van der Waals surface area (Å²) in [5.74, 6) is 1.47. The summed E-state index contributed by atoms with van der Waals surface area (Å²) in [6, 6.07) is 8.19. The minimum Gasteiger partial charge on any atom is -0.497 e. The van der Waals surface area contributed by atoms with Gasteiger partial charge in [0.2, 0.25) is 0 Å². The molecule has 0 unspecified atom stereocenters. The van der Waals surface area contributed by atoms with Crippen LogP contribution in [0.25, 0.3) is 0 Å². The molecule has 0 radical (unpaired) electrons. The average molecular weight is 368 g/mol. The first kappa shape index (κ1) is 17.9. The van der Waals surface area contributed by atoms with Gasteiger partial charge >= 0.3 is 0 Å². The maximum atomic E-state index is 12.2. The van der Waals surface area contributed by atoms with Gasteiger partial charge in [-0.05, 0) is 17.7 Å². The van der Waals surface area contributed by atoms with Gasteiger partial charge < -0.3 is 14.8 Å². The Hall–Kier alpha value is -2.51. The van der Waals surface area contributed by atoms with E-state index in [4.69, 9.17) is 9.47 Å². The Labute approximate surface area is 158 Å². The van der Waals surface area contributed by atoms with E-state index < -0.39 is 0 Å². The highest BCUT2D eigenvalue weighted by atomic mass is 16.5. The Morgan fingerprint density at radius 1 is 1.30 bits per heavy atom. The molecule has 0 bridgehead atoms. The summed E-state index contributed by atoms with van der Waals surface area (Å²) in [6.45, 7) is 4.13. The smallest absolute Gasteiger partial charge is 0.271 e. The van der Waals surface area contributed by atoms with Gasteiger partial charge in [0.25, 0.3) is 5.91 Å². The zero-order chi connectivity index (χ0) is 18.6. The molecule has 1 N–H and O–H groups in total. The number of nitrogens with zero attached hydrogens (tertiary/aromatic N) is 3. The predicted molar refractivity (Wildman–Crippen MR) is 99.4 cm³/mol. The molecule has 3 heterocycles. The molecule has 3 atom stereocenters. The SMILES string of the molecule is COc1ccc(CN2C[C@@H]3[C@@H](CNC(=O)c4cnccn4)CO[C@@H]3C2)cc1. The maximum Gasteiger partial charge on any atom is 0.271 e. The van der Waals surface area contributed by atoms with Crippen molar-refractivity contribution in [3.63, 3.8) is 0 Å². The topological polar surface area (TPSA) is 76.6 Å². The van der Waals surface area contributed by atoms with E-state index in [1.807, 2.05) is 12.1 Å². The zero-order valence-electron chi connectivity index (χ0n) is 15.4. The van der Waals surface area contributed by atoms with E-state index in [0.29, 0.717) is 30.7 Å². The number of nitrogens with one attached hydrogen (secondary N) is 1. The Kier molecular flexibility index (Phi) is 5.31. The number of carbonyl (C=O) groups excluding carboxylic acids is 1. The first-order valence-electron chi connectivity index (χ1n) is 9.24. The third kappa shape index (κ3) is 4.09. The van der Waals surface area contributed by atoms with Gasteiger partial charge in [0.05, 0.1) is 26.0 Å². The number of aromatic nitrogens is 2. The van der Waals surface area contributed by atoms with Crippen LogP contribution in [0.2, 0.25) is 0 Å². The lowest BCUT2D eigenvalue weighted by Crippen LogP contribution is -2.34. The Morgan fingerprint density at radius 2 is 2.15 bits per heavy atom. The van der Waals surface area contributed by atoms with Crippen molar-refractivity contribution in [1.29, 1.82) is 0 Å². The van der Waals surface area contributed by atoms with E-state index in [1.165, 1.54) is 18.0 Å². The first-order chi connectivity index (χ1) is 13.2. The molecule has 2 saturated heterocycles. The molecule has 4 rings (SSSR count). The van der Waals surface area contributed by atoms with Crippen LogP contribution in [0.15, 0.2) is 42.9 Å². The highest BCUT2D eigenvalue weighted by molar-refractivity contribution is 5.91. The number of benzene rings is 1. The molecule has 2 aliphatic heterocycles. The van der Waals surface area contributed by atoms with Crippen LogP contribution < -0.4 is 10.1 Å². The van der Waals surface area contributed by atoms with Crippen LogP contribution in [0.1, 0.15) is 16.1 Å². The summed E-state index contributed by atoms with van der Waals surface area (Å²) < 4.78 is 11.2. The second-order valence-corrected chi connectivity index (χ2v) is 7.14. The molecule has 7 heteroatoms. The third-order valence-corrected chi connectivity index (χ3v) is 5.40. The van der Waals surface area contributed by atoms with Crippen molar-refractivity contribution >= 4 is 5.91 Å². The van der Waals surface area contributed by atoms with Gasteiger partial charge in [0, 0.05) is 50.4 Å². The maximum absolute atomic E-state index is 12.2. The molecular weight excluding hydrogens is 344 g/mol. The van der Waals surface area contributed by atoms with Crippen molar-refractivity contribution in [2.75, 3.05) is 33.4 Å². The quantitative estimate of drug-likeness (QED) is 0.830. The molecular formula is C20H24N4O3. The Morgan fingerprint density at radius 3 is 2.89 bits per heavy atom. The van der Waals surface area contributed by atoms with E-state index >= 15 is 0 Å². The van der Waals surface area contributed by atoms with Crippen LogP contribution >= 0.6 is 0 Å². The summed E-state index contributed by atoms with van der Waals surface area (Å²) in [4.78, 5) is 22.6. The molecule has 7 nitrogen and oxygen atoms in total. The predicted octanol–water partition coefficient (Wildman–Crippen LogP) is 1.36. The summed E-state index contributed by atoms with van der Waals surface area (Å²) in [5, 5.41) is 2.98. The summed E-state index contributed by atoms with van der Waals surface area (Å²) in [7, 11) is 1.68. The minimum absolute atomic E-state index is 0.181. The number of methoxy groups -OCH3 is 1. The molecule has 1 amide bonds. The van der Waals surface area contributed by atoms with E-state index in [1.54, 1.807) is 13.3 Å². The average Bonchev–Trinajstić information content (AvgIpc) is 3.28. The molecule has 0 aliphatic carbocycles. The molecule has 0 saturated carbocycles. The van der Waals surface area contributed by atoms with Gasteiger partial charge in [-0.1, -0.05) is 12.1 Å². The second-order valence-electron chi connectivity index (χ2n) is 7.14. The van der Waals surface area contributed by atoms with E-state index in [0.717, 1.165) is 25.4 Å². The summed E-state index contributed by atoms with van der Waals surface area (Å²) in [5.41, 5.74) is 1.61. The summed E-state index contributed by atoms with van der Waals surface area (Å²) in [6.07, 6.45) is 4.82. The summed E-state index contributed by atoms with van der Waals surface area (Å²) >= 11 is 0. The number of hydrogen-bond acceptors (Lipinski definition) is 6. The van der Waals surface area contributed by atoms with Crippen LogP contribution in [0.4, 0.5) is 0 Å². The lowest BCUT2D eigenvalue weighted by Gasteiger charge is -2.20. The number of likely N-dealkylation sites (tertiary alicyclic amines) is 1. The number of ether oxygens (including phenoxy) is 2. The Bertz CT molecular complexity index is 769. The van der Waals surface area contributed by atoms with Gasteiger partial charge in [0.15, 0.2) is 0 Å². The van der Waals surface area contributed by atoms with Crippen molar-refractivity contribution in [1.82, 2.24) is 20.2 Å². The van der Waals surface area contributed by atoms with Gasteiger partial charge in [-0.3, -0.25) is 14.7 Å². The number of amides is 1. The largest absolute Gasteiger partial charge is 0.497 e. The van der Waals surface area contributed by atoms with Gasteiger partial charge in [-0.15, -0.1) is 0 Å². The fourth-order valence-electron chi connectivity index (χ4n) is 3.94. The molecule has 2 aliphatic rings. The number of hydrogen-bond donors (Lipinski definition) is 1. The molecule has 2 fully saturated rings. The third-order valence-electron chi connectivity index (χ3n) is 5.40. The van der Waals surface area contributed by atoms with E-state index in [9.17, 15) is 4.79 Å². The lowest BCUT2D eigenvalue weighted by atomic mass is 9.93. The zero-order valence-corrected chi connectivity index (χ0v) is 15.4. The highest BCUT2D eigenvalue weighted by Crippen LogP contribution is 2.34. The molecule has 0 spiro atoms. The van der Waals surface area contributed by atoms with Crippen LogP contribution in [0, 0.1) is 11.8 Å². The molecule has 27 heavy (non-hydrogen) atoms. The second kappa shape index (κ2) is 8.02. The van der Waals surface area contributed by atoms with Crippen molar-refractivity contribution < 1.29 is 14.3 Å². The number of fused-ring (bicyclic) bond motifs is 1. The fourth-order valence-corrected chi connectivity index (χ4v) is 3.94. The van der Waals surface area contributed by atoms with E-state index in [-0.39, 0.29) is 12.0 Å². The van der Waals surface area contributed by atoms with Crippen molar-refractivity contribution in [2.24, 2.45) is 11.8 Å². The van der Waals surface area contributed by atoms with Crippen molar-refractivity contribution in [3.8, 4) is 5.75 Å². The molecule has 2 aromatic rings. The van der Waals surface area contributed by atoms with Crippen LogP contribution in [0.3, 0.4) is 0 Å². The van der Waals surface area contributed by atoms with Gasteiger partial charge in [0.1, 0.15) is 11.4 Å². The normalized spacial score (nSPS) is 24.6. The number of carbonyl (C=O) groups is 1. The molecule has 1 aromatic carbocycles. The van der Waals surface area contributed by atoms with E-state index in [2.05, 4.69) is 32.3 Å². The lowest BCUT2D eigenvalue weighted by molar-refractivity contribution is 0.0901. The fraction of sp³-hybridized carbons (Fsp3) is 0.450. The van der Waals surface area contributed by atoms with Crippen molar-refractivity contribution in [3.05, 3.63) is 54.1 Å². The Balaban J connectivity index is 1.29. The molecule has 142 valence electrons. The standard InChI is InChI=1S/C20H24N4O3/c1-26-16-4-2-14(3-5-16)10-24-11-17-15(13-27-19(17)12-24)8-23-20(25)18-9-21-6-7-22-18/h2-7,9,15,17,19H,8,10-13H2,1H3,(H,23,25)/t15-,17+,19+/m0/s1. The number of rotatable bonds is 6. The first-order valence-corrected chi connectivity index (χ1v) is 9.24. The van der Waals surface area contributed by atoms with Crippen molar-refractivity contribution in [2.45, 2.75) is 12.6 Å². The van der Waals surface area contributed by atoms with Crippen LogP contribution in [-0.4, -0.2) is 60.2 Å². The van der Waals surface area contributed by atoms with Gasteiger partial charge in [-0.25, -0.2) is 4.98 Å². The highest BCUT2D eigenvalue weighted by Gasteiger charge is 2.43. The minimum atomic E-state index is -0.181. The van der Waals surface area contributed by atoms with Crippen LogP contribution in [-0.2, 0) is 11.3 Å². The monoisotopic (exact) mass is 368 g/mol. The van der Waals surface area contributed by atoms with Gasteiger partial charge in [-0.2, -0.15) is 0 Å².